The number of anilines is 3. The molecule has 158 valence electrons. The number of aromatic nitrogens is 4. The minimum Gasteiger partial charge on any atom is -0.494 e. The van der Waals surface area contributed by atoms with Crippen LogP contribution in [0, 0.1) is 0 Å². The normalized spacial score (nSPS) is 11.1. The van der Waals surface area contributed by atoms with E-state index in [1.165, 1.54) is 18.5 Å². The third kappa shape index (κ3) is 4.98. The van der Waals surface area contributed by atoms with Gasteiger partial charge in [-0.2, -0.15) is 0 Å². The first kappa shape index (κ1) is 20.4. The molecular formula is C21H20N6O3S. The number of benzene rings is 2. The first-order valence-corrected chi connectivity index (χ1v) is 10.9. The molecule has 0 spiro atoms. The van der Waals surface area contributed by atoms with Crippen LogP contribution >= 0.6 is 0 Å². The predicted molar refractivity (Wildman–Crippen MR) is 117 cm³/mol. The largest absolute Gasteiger partial charge is 0.494 e. The Morgan fingerprint density at radius 1 is 1.00 bits per heavy atom. The van der Waals surface area contributed by atoms with Gasteiger partial charge in [-0.1, -0.05) is 0 Å². The topological polar surface area (TPSA) is 111 Å². The van der Waals surface area contributed by atoms with Crippen LogP contribution in [0.3, 0.4) is 0 Å². The number of sulfonamides is 1. The molecule has 2 N–H and O–H groups in total. The van der Waals surface area contributed by atoms with Crippen LogP contribution in [0.4, 0.5) is 17.2 Å². The molecule has 2 aromatic heterocycles. The van der Waals surface area contributed by atoms with E-state index >= 15 is 0 Å². The number of imidazole rings is 1. The summed E-state index contributed by atoms with van der Waals surface area (Å²) in [6, 6.07) is 14.9. The molecule has 0 saturated carbocycles. The lowest BCUT2D eigenvalue weighted by Crippen LogP contribution is -2.12. The molecule has 0 aliphatic heterocycles. The smallest absolute Gasteiger partial charge is 0.261 e. The standard InChI is InChI=1S/C21H20N6O3S/c1-2-30-18-7-9-19(10-8-18)31(28,29)26-17-5-3-16(4-6-17)25-20-13-21(24-14-23-20)27-12-11-22-15-27/h3-15,26H,2H2,1H3,(H,23,24,25). The van der Waals surface area contributed by atoms with E-state index in [4.69, 9.17) is 4.74 Å². The van der Waals surface area contributed by atoms with Gasteiger partial charge >= 0.3 is 0 Å². The summed E-state index contributed by atoms with van der Waals surface area (Å²) in [5.74, 6) is 1.90. The maximum atomic E-state index is 12.6. The summed E-state index contributed by atoms with van der Waals surface area (Å²) in [7, 11) is -3.70. The van der Waals surface area contributed by atoms with Gasteiger partial charge < -0.3 is 10.1 Å². The average Bonchev–Trinajstić information content (AvgIpc) is 3.31. The van der Waals surface area contributed by atoms with Crippen molar-refractivity contribution in [3.63, 3.8) is 0 Å². The highest BCUT2D eigenvalue weighted by atomic mass is 32.2. The van der Waals surface area contributed by atoms with Gasteiger partial charge in [-0.15, -0.1) is 0 Å². The Balaban J connectivity index is 1.44. The summed E-state index contributed by atoms with van der Waals surface area (Å²) in [5, 5.41) is 3.17. The molecule has 0 fully saturated rings. The fraction of sp³-hybridized carbons (Fsp3) is 0.0952. The van der Waals surface area contributed by atoms with Crippen molar-refractivity contribution in [1.29, 1.82) is 0 Å². The number of rotatable bonds is 8. The molecular weight excluding hydrogens is 416 g/mol. The van der Waals surface area contributed by atoms with Crippen LogP contribution in [-0.4, -0.2) is 34.5 Å². The van der Waals surface area contributed by atoms with E-state index < -0.39 is 10.0 Å². The second-order valence-electron chi connectivity index (χ2n) is 6.44. The number of nitrogens with zero attached hydrogens (tertiary/aromatic N) is 4. The van der Waals surface area contributed by atoms with E-state index in [2.05, 4.69) is 25.0 Å². The minimum atomic E-state index is -3.70. The molecule has 9 nitrogen and oxygen atoms in total. The van der Waals surface area contributed by atoms with Gasteiger partial charge in [0.15, 0.2) is 0 Å². The summed E-state index contributed by atoms with van der Waals surface area (Å²) in [6.07, 6.45) is 6.56. The zero-order valence-corrected chi connectivity index (χ0v) is 17.5. The van der Waals surface area contributed by atoms with Crippen molar-refractivity contribution in [2.45, 2.75) is 11.8 Å². The monoisotopic (exact) mass is 436 g/mol. The fourth-order valence-electron chi connectivity index (χ4n) is 2.82. The molecule has 0 atom stereocenters. The number of hydrogen-bond acceptors (Lipinski definition) is 7. The van der Waals surface area contributed by atoms with Crippen molar-refractivity contribution in [2.24, 2.45) is 0 Å². The Morgan fingerprint density at radius 2 is 1.74 bits per heavy atom. The SMILES string of the molecule is CCOc1ccc(S(=O)(=O)Nc2ccc(Nc3cc(-n4ccnc4)ncn3)cc2)cc1. The first-order valence-electron chi connectivity index (χ1n) is 9.46. The van der Waals surface area contributed by atoms with Gasteiger partial charge in [-0.25, -0.2) is 23.4 Å². The Labute approximate surface area is 179 Å². The molecule has 0 aliphatic rings. The van der Waals surface area contributed by atoms with Crippen LogP contribution < -0.4 is 14.8 Å². The van der Waals surface area contributed by atoms with Crippen LogP contribution in [0.25, 0.3) is 5.82 Å². The first-order chi connectivity index (χ1) is 15.0. The van der Waals surface area contributed by atoms with Gasteiger partial charge in [-0.05, 0) is 55.5 Å². The molecule has 4 aromatic rings. The van der Waals surface area contributed by atoms with Crippen molar-refractivity contribution in [1.82, 2.24) is 19.5 Å². The number of ether oxygens (including phenoxy) is 1. The summed E-state index contributed by atoms with van der Waals surface area (Å²) >= 11 is 0. The fourth-order valence-corrected chi connectivity index (χ4v) is 3.88. The molecule has 0 saturated heterocycles. The van der Waals surface area contributed by atoms with Gasteiger partial charge in [0.1, 0.15) is 30.0 Å². The van der Waals surface area contributed by atoms with Gasteiger partial charge in [0, 0.05) is 29.8 Å². The van der Waals surface area contributed by atoms with Crippen LogP contribution in [0.1, 0.15) is 6.92 Å². The molecule has 31 heavy (non-hydrogen) atoms. The van der Waals surface area contributed by atoms with E-state index in [0.29, 0.717) is 29.7 Å². The lowest BCUT2D eigenvalue weighted by atomic mass is 10.3. The Hall–Kier alpha value is -3.92. The van der Waals surface area contributed by atoms with Crippen LogP contribution in [0.5, 0.6) is 5.75 Å². The molecule has 0 aliphatic carbocycles. The molecule has 2 heterocycles. The lowest BCUT2D eigenvalue weighted by Gasteiger charge is -2.11. The Kier molecular flexibility index (Phi) is 5.80. The van der Waals surface area contributed by atoms with Crippen LogP contribution in [0.15, 0.2) is 84.5 Å². The lowest BCUT2D eigenvalue weighted by molar-refractivity contribution is 0.340. The summed E-state index contributed by atoms with van der Waals surface area (Å²) in [4.78, 5) is 12.6. The second kappa shape index (κ2) is 8.84. The maximum absolute atomic E-state index is 12.6. The van der Waals surface area contributed by atoms with E-state index in [0.717, 1.165) is 5.69 Å². The van der Waals surface area contributed by atoms with Gasteiger partial charge in [0.25, 0.3) is 10.0 Å². The summed E-state index contributed by atoms with van der Waals surface area (Å²) < 4.78 is 34.9. The summed E-state index contributed by atoms with van der Waals surface area (Å²) in [5.41, 5.74) is 1.19. The third-order valence-corrected chi connectivity index (χ3v) is 5.67. The zero-order valence-electron chi connectivity index (χ0n) is 16.6. The highest BCUT2D eigenvalue weighted by Gasteiger charge is 2.14. The minimum absolute atomic E-state index is 0.158. The number of nitrogens with one attached hydrogen (secondary N) is 2. The molecule has 0 bridgehead atoms. The van der Waals surface area contributed by atoms with Crippen molar-refractivity contribution >= 4 is 27.2 Å². The number of hydrogen-bond donors (Lipinski definition) is 2. The highest BCUT2D eigenvalue weighted by molar-refractivity contribution is 7.92. The molecule has 0 radical (unpaired) electrons. The van der Waals surface area contributed by atoms with E-state index in [1.54, 1.807) is 65.8 Å². The highest BCUT2D eigenvalue weighted by Crippen LogP contribution is 2.22. The quantitative estimate of drug-likeness (QED) is 0.434. The zero-order chi connectivity index (χ0) is 21.7. The van der Waals surface area contributed by atoms with Crippen molar-refractivity contribution in [3.05, 3.63) is 79.6 Å². The molecule has 4 rings (SSSR count). The van der Waals surface area contributed by atoms with Crippen molar-refractivity contribution < 1.29 is 13.2 Å². The third-order valence-electron chi connectivity index (χ3n) is 4.28. The molecule has 2 aromatic carbocycles. The van der Waals surface area contributed by atoms with E-state index in [9.17, 15) is 8.42 Å². The van der Waals surface area contributed by atoms with Crippen LogP contribution in [-0.2, 0) is 10.0 Å². The second-order valence-corrected chi connectivity index (χ2v) is 8.13. The van der Waals surface area contributed by atoms with Crippen molar-refractivity contribution in [3.8, 4) is 11.6 Å². The van der Waals surface area contributed by atoms with Gasteiger partial charge in [-0.3, -0.25) is 9.29 Å². The summed E-state index contributed by atoms with van der Waals surface area (Å²) in [6.45, 7) is 2.39. The van der Waals surface area contributed by atoms with Crippen LogP contribution in [0.2, 0.25) is 0 Å². The Morgan fingerprint density at radius 3 is 2.42 bits per heavy atom. The average molecular weight is 436 g/mol. The predicted octanol–water partition coefficient (Wildman–Crippen LogP) is 3.61. The Bertz CT molecular complexity index is 1240. The van der Waals surface area contributed by atoms with Gasteiger partial charge in [0.05, 0.1) is 11.5 Å². The maximum Gasteiger partial charge on any atom is 0.261 e. The van der Waals surface area contributed by atoms with Crippen molar-refractivity contribution in [2.75, 3.05) is 16.6 Å². The van der Waals surface area contributed by atoms with E-state index in [1.807, 2.05) is 6.92 Å². The molecule has 0 amide bonds. The molecule has 10 heteroatoms. The molecule has 0 unspecified atom stereocenters. The van der Waals surface area contributed by atoms with E-state index in [-0.39, 0.29) is 4.90 Å². The van der Waals surface area contributed by atoms with Gasteiger partial charge in [0.2, 0.25) is 0 Å².